The van der Waals surface area contributed by atoms with E-state index >= 15 is 0 Å². The Balaban J connectivity index is 1.85. The van der Waals surface area contributed by atoms with E-state index in [0.29, 0.717) is 32.7 Å². The largest absolute Gasteiger partial charge is 0.352 e. The van der Waals surface area contributed by atoms with E-state index in [2.05, 4.69) is 10.6 Å². The van der Waals surface area contributed by atoms with E-state index in [9.17, 15) is 13.2 Å². The molecule has 7 heteroatoms. The number of sulfonamides is 1. The van der Waals surface area contributed by atoms with Gasteiger partial charge in [-0.1, -0.05) is 36.8 Å². The van der Waals surface area contributed by atoms with Crippen LogP contribution in [0.3, 0.4) is 0 Å². The quantitative estimate of drug-likeness (QED) is 0.790. The first-order chi connectivity index (χ1) is 10.9. The Bertz CT molecular complexity index is 622. The molecule has 0 aromatic heterocycles. The van der Waals surface area contributed by atoms with Gasteiger partial charge in [0.25, 0.3) is 0 Å². The Morgan fingerprint density at radius 3 is 2.48 bits per heavy atom. The van der Waals surface area contributed by atoms with Crippen LogP contribution in [-0.4, -0.2) is 50.6 Å². The number of piperazine rings is 1. The summed E-state index contributed by atoms with van der Waals surface area (Å²) < 4.78 is 26.1. The van der Waals surface area contributed by atoms with Gasteiger partial charge >= 0.3 is 0 Å². The summed E-state index contributed by atoms with van der Waals surface area (Å²) in [5.41, 5.74) is 2.16. The van der Waals surface area contributed by atoms with Gasteiger partial charge in [0.05, 0.1) is 11.7 Å². The Kier molecular flexibility index (Phi) is 6.15. The lowest BCUT2D eigenvalue weighted by Gasteiger charge is -2.27. The van der Waals surface area contributed by atoms with Crippen LogP contribution in [0.1, 0.15) is 18.1 Å². The normalized spacial score (nSPS) is 17.7. The van der Waals surface area contributed by atoms with Crippen LogP contribution >= 0.6 is 0 Å². The maximum atomic E-state index is 12.3. The number of rotatable bonds is 6. The van der Waals surface area contributed by atoms with Gasteiger partial charge in [-0.25, -0.2) is 8.42 Å². The van der Waals surface area contributed by atoms with E-state index in [1.165, 1.54) is 4.31 Å². The fraction of sp³-hybridized carbons (Fsp3) is 0.562. The third-order valence-corrected chi connectivity index (χ3v) is 6.04. The molecule has 1 atom stereocenters. The third-order valence-electron chi connectivity index (χ3n) is 3.96. The van der Waals surface area contributed by atoms with Crippen molar-refractivity contribution in [3.63, 3.8) is 0 Å². The molecule has 128 valence electrons. The van der Waals surface area contributed by atoms with Crippen LogP contribution < -0.4 is 10.6 Å². The molecule has 2 rings (SSSR count). The zero-order chi connectivity index (χ0) is 16.9. The molecule has 0 bridgehead atoms. The SMILES string of the molecule is Cc1ccc(CNC(=O)C(C)CS(=O)(=O)N2CCNCC2)cc1. The number of hydrogen-bond acceptors (Lipinski definition) is 4. The lowest BCUT2D eigenvalue weighted by Crippen LogP contribution is -2.48. The molecule has 0 spiro atoms. The van der Waals surface area contributed by atoms with Crippen molar-refractivity contribution < 1.29 is 13.2 Å². The number of amides is 1. The van der Waals surface area contributed by atoms with Crippen molar-refractivity contribution in [3.8, 4) is 0 Å². The Hall–Kier alpha value is -1.44. The van der Waals surface area contributed by atoms with Gasteiger partial charge in [0.1, 0.15) is 0 Å². The summed E-state index contributed by atoms with van der Waals surface area (Å²) in [4.78, 5) is 12.1. The molecular weight excluding hydrogens is 314 g/mol. The number of nitrogens with zero attached hydrogens (tertiary/aromatic N) is 1. The Morgan fingerprint density at radius 2 is 1.87 bits per heavy atom. The van der Waals surface area contributed by atoms with Crippen molar-refractivity contribution in [2.45, 2.75) is 20.4 Å². The molecule has 1 heterocycles. The summed E-state index contributed by atoms with van der Waals surface area (Å²) in [5, 5.41) is 5.93. The van der Waals surface area contributed by atoms with Crippen molar-refractivity contribution >= 4 is 15.9 Å². The highest BCUT2D eigenvalue weighted by molar-refractivity contribution is 7.89. The topological polar surface area (TPSA) is 78.5 Å². The summed E-state index contributed by atoms with van der Waals surface area (Å²) in [6.07, 6.45) is 0. The maximum absolute atomic E-state index is 12.3. The molecule has 0 aliphatic carbocycles. The molecule has 1 aromatic rings. The van der Waals surface area contributed by atoms with Crippen LogP contribution in [0.5, 0.6) is 0 Å². The van der Waals surface area contributed by atoms with E-state index in [1.54, 1.807) is 6.92 Å². The minimum atomic E-state index is -3.38. The zero-order valence-corrected chi connectivity index (χ0v) is 14.5. The molecule has 1 aliphatic heterocycles. The van der Waals surface area contributed by atoms with Gasteiger partial charge in [0.2, 0.25) is 15.9 Å². The summed E-state index contributed by atoms with van der Waals surface area (Å²) in [7, 11) is -3.38. The second-order valence-corrected chi connectivity index (χ2v) is 8.05. The van der Waals surface area contributed by atoms with Crippen molar-refractivity contribution in [1.82, 2.24) is 14.9 Å². The van der Waals surface area contributed by atoms with E-state index < -0.39 is 15.9 Å². The molecule has 23 heavy (non-hydrogen) atoms. The number of benzene rings is 1. The number of carbonyl (C=O) groups excluding carboxylic acids is 1. The van der Waals surface area contributed by atoms with E-state index in [1.807, 2.05) is 31.2 Å². The van der Waals surface area contributed by atoms with E-state index in [0.717, 1.165) is 11.1 Å². The number of carbonyl (C=O) groups is 1. The van der Waals surface area contributed by atoms with Crippen LogP contribution in [0.4, 0.5) is 0 Å². The monoisotopic (exact) mass is 339 g/mol. The number of aryl methyl sites for hydroxylation is 1. The molecule has 6 nitrogen and oxygen atoms in total. The first-order valence-corrected chi connectivity index (χ1v) is 9.51. The Morgan fingerprint density at radius 1 is 1.26 bits per heavy atom. The van der Waals surface area contributed by atoms with Gasteiger partial charge in [-0.05, 0) is 12.5 Å². The average Bonchev–Trinajstić information content (AvgIpc) is 2.54. The van der Waals surface area contributed by atoms with Crippen LogP contribution in [0, 0.1) is 12.8 Å². The molecular formula is C16H25N3O3S. The number of nitrogens with one attached hydrogen (secondary N) is 2. The van der Waals surface area contributed by atoms with Gasteiger partial charge in [0.15, 0.2) is 0 Å². The highest BCUT2D eigenvalue weighted by atomic mass is 32.2. The van der Waals surface area contributed by atoms with Crippen LogP contribution in [0.25, 0.3) is 0 Å². The lowest BCUT2D eigenvalue weighted by atomic mass is 10.1. The first-order valence-electron chi connectivity index (χ1n) is 7.90. The highest BCUT2D eigenvalue weighted by Gasteiger charge is 2.28. The fourth-order valence-electron chi connectivity index (χ4n) is 2.49. The number of hydrogen-bond donors (Lipinski definition) is 2. The predicted octanol–water partition coefficient (Wildman–Crippen LogP) is 0.482. The van der Waals surface area contributed by atoms with Gasteiger partial charge in [-0.3, -0.25) is 4.79 Å². The Labute approximate surface area is 138 Å². The van der Waals surface area contributed by atoms with Crippen LogP contribution in [0.2, 0.25) is 0 Å². The zero-order valence-electron chi connectivity index (χ0n) is 13.7. The highest BCUT2D eigenvalue weighted by Crippen LogP contribution is 2.10. The molecule has 1 aromatic carbocycles. The minimum absolute atomic E-state index is 0.146. The lowest BCUT2D eigenvalue weighted by molar-refractivity contribution is -0.124. The smallest absolute Gasteiger partial charge is 0.224 e. The summed E-state index contributed by atoms with van der Waals surface area (Å²) in [6, 6.07) is 7.88. The van der Waals surface area contributed by atoms with Crippen LogP contribution in [-0.2, 0) is 21.4 Å². The average molecular weight is 339 g/mol. The molecule has 2 N–H and O–H groups in total. The summed E-state index contributed by atoms with van der Waals surface area (Å²) >= 11 is 0. The minimum Gasteiger partial charge on any atom is -0.352 e. The molecule has 1 saturated heterocycles. The molecule has 1 amide bonds. The molecule has 0 saturated carbocycles. The second-order valence-electron chi connectivity index (χ2n) is 6.03. The van der Waals surface area contributed by atoms with Crippen molar-refractivity contribution in [2.75, 3.05) is 31.9 Å². The van der Waals surface area contributed by atoms with E-state index in [-0.39, 0.29) is 11.7 Å². The van der Waals surface area contributed by atoms with Gasteiger partial charge in [-0.2, -0.15) is 4.31 Å². The molecule has 1 fully saturated rings. The van der Waals surface area contributed by atoms with Crippen molar-refractivity contribution in [1.29, 1.82) is 0 Å². The summed E-state index contributed by atoms with van der Waals surface area (Å²) in [5.74, 6) is -0.947. The fourth-order valence-corrected chi connectivity index (χ4v) is 4.22. The first kappa shape index (κ1) is 17.9. The summed E-state index contributed by atoms with van der Waals surface area (Å²) in [6.45, 7) is 6.34. The van der Waals surface area contributed by atoms with E-state index in [4.69, 9.17) is 0 Å². The van der Waals surface area contributed by atoms with Crippen molar-refractivity contribution in [2.24, 2.45) is 5.92 Å². The molecule has 0 radical (unpaired) electrons. The van der Waals surface area contributed by atoms with Gasteiger partial charge in [-0.15, -0.1) is 0 Å². The van der Waals surface area contributed by atoms with Crippen molar-refractivity contribution in [3.05, 3.63) is 35.4 Å². The second kappa shape index (κ2) is 7.90. The maximum Gasteiger partial charge on any atom is 0.224 e. The van der Waals surface area contributed by atoms with Gasteiger partial charge < -0.3 is 10.6 Å². The molecule has 1 unspecified atom stereocenters. The van der Waals surface area contributed by atoms with Crippen LogP contribution in [0.15, 0.2) is 24.3 Å². The third kappa shape index (κ3) is 5.30. The van der Waals surface area contributed by atoms with Gasteiger partial charge in [0, 0.05) is 32.7 Å². The predicted molar refractivity (Wildman–Crippen MR) is 90.4 cm³/mol. The standard InChI is InChI=1S/C16H25N3O3S/c1-13-3-5-15(6-4-13)11-18-16(20)14(2)12-23(21,22)19-9-7-17-8-10-19/h3-6,14,17H,7-12H2,1-2H3,(H,18,20). The molecule has 1 aliphatic rings.